The summed E-state index contributed by atoms with van der Waals surface area (Å²) in [6, 6.07) is 10.8. The lowest BCUT2D eigenvalue weighted by Crippen LogP contribution is -2.34. The van der Waals surface area contributed by atoms with Crippen LogP contribution >= 0.6 is 0 Å². The van der Waals surface area contributed by atoms with Crippen molar-refractivity contribution in [2.45, 2.75) is 6.61 Å². The van der Waals surface area contributed by atoms with Gasteiger partial charge in [0.15, 0.2) is 0 Å². The van der Waals surface area contributed by atoms with Crippen molar-refractivity contribution in [3.8, 4) is 5.75 Å². The Morgan fingerprint density at radius 3 is 2.48 bits per heavy atom. The number of nitrogens with one attached hydrogen (secondary N) is 1. The van der Waals surface area contributed by atoms with Gasteiger partial charge in [0.25, 0.3) is 11.8 Å². The van der Waals surface area contributed by atoms with Crippen LogP contribution in [0.15, 0.2) is 60.6 Å². The number of aliphatic hydroxyl groups is 1. The summed E-state index contributed by atoms with van der Waals surface area (Å²) in [7, 11) is 0. The van der Waals surface area contributed by atoms with E-state index in [4.69, 9.17) is 9.84 Å². The number of aromatic nitrogens is 1. The number of carbonyl (C=O) groups excluding carboxylic acids is 2. The normalized spacial score (nSPS) is 13.8. The van der Waals surface area contributed by atoms with Gasteiger partial charge in [-0.05, 0) is 42.0 Å². The highest BCUT2D eigenvalue weighted by molar-refractivity contribution is 6.17. The van der Waals surface area contributed by atoms with Crippen LogP contribution in [0.25, 0.3) is 0 Å². The van der Waals surface area contributed by atoms with E-state index in [1.54, 1.807) is 36.7 Å². The first-order valence-electron chi connectivity index (χ1n) is 7.74. The zero-order valence-corrected chi connectivity index (χ0v) is 13.4. The van der Waals surface area contributed by atoms with Crippen LogP contribution in [-0.4, -0.2) is 40.0 Å². The van der Waals surface area contributed by atoms with Crippen molar-refractivity contribution in [2.75, 3.05) is 18.5 Å². The second-order valence-corrected chi connectivity index (χ2v) is 5.37. The summed E-state index contributed by atoms with van der Waals surface area (Å²) in [6.07, 6.45) is 4.64. The molecule has 25 heavy (non-hydrogen) atoms. The van der Waals surface area contributed by atoms with E-state index < -0.39 is 11.8 Å². The van der Waals surface area contributed by atoms with Crippen molar-refractivity contribution in [3.05, 3.63) is 66.1 Å². The molecule has 0 unspecified atom stereocenters. The van der Waals surface area contributed by atoms with Crippen LogP contribution < -0.4 is 10.1 Å². The average Bonchev–Trinajstić information content (AvgIpc) is 2.90. The predicted molar refractivity (Wildman–Crippen MR) is 90.5 cm³/mol. The van der Waals surface area contributed by atoms with E-state index in [1.807, 2.05) is 12.1 Å². The molecule has 1 aliphatic rings. The summed E-state index contributed by atoms with van der Waals surface area (Å²) in [5.41, 5.74) is 1.86. The summed E-state index contributed by atoms with van der Waals surface area (Å²) >= 11 is 0. The third-order valence-corrected chi connectivity index (χ3v) is 3.62. The fourth-order valence-corrected chi connectivity index (χ4v) is 2.35. The Balaban J connectivity index is 1.59. The van der Waals surface area contributed by atoms with Gasteiger partial charge in [0.2, 0.25) is 0 Å². The number of nitrogens with zero attached hydrogens (tertiary/aromatic N) is 2. The Hall–Kier alpha value is -3.19. The number of hydrogen-bond donors (Lipinski definition) is 2. The first-order valence-corrected chi connectivity index (χ1v) is 7.74. The molecule has 0 atom stereocenters. The highest BCUT2D eigenvalue weighted by Crippen LogP contribution is 2.20. The second kappa shape index (κ2) is 7.59. The molecule has 7 heteroatoms. The molecule has 0 saturated heterocycles. The zero-order chi connectivity index (χ0) is 17.6. The van der Waals surface area contributed by atoms with E-state index >= 15 is 0 Å². The quantitative estimate of drug-likeness (QED) is 0.739. The van der Waals surface area contributed by atoms with Crippen LogP contribution in [0.1, 0.15) is 5.56 Å². The van der Waals surface area contributed by atoms with Gasteiger partial charge in [0.1, 0.15) is 18.1 Å². The molecular weight excluding hydrogens is 322 g/mol. The van der Waals surface area contributed by atoms with Crippen molar-refractivity contribution < 1.29 is 19.4 Å². The molecule has 128 valence electrons. The number of ether oxygens (including phenoxy) is 1. The number of aliphatic hydroxyl groups excluding tert-OH is 1. The molecule has 0 aliphatic carbocycles. The van der Waals surface area contributed by atoms with Gasteiger partial charge in [-0.2, -0.15) is 0 Å². The number of β-amino-alcohol motifs (C(OH)–C–C–N with tert-alkyl or cyclic N) is 1. The standard InChI is InChI=1S/C18H17N3O4/c22-10-9-21-17(23)11-16(18(21)24)20-14-1-3-15(4-2-14)25-12-13-5-7-19-8-6-13/h1-8,11,20,22H,9-10,12H2. The smallest absolute Gasteiger partial charge is 0.277 e. The first-order chi connectivity index (χ1) is 12.2. The van der Waals surface area contributed by atoms with Crippen molar-refractivity contribution in [2.24, 2.45) is 0 Å². The molecule has 1 aliphatic heterocycles. The number of carbonyl (C=O) groups is 2. The van der Waals surface area contributed by atoms with Gasteiger partial charge in [0, 0.05) is 24.2 Å². The summed E-state index contributed by atoms with van der Waals surface area (Å²) < 4.78 is 5.68. The molecule has 1 aromatic heterocycles. The predicted octanol–water partition coefficient (Wildman–Crippen LogP) is 1.32. The van der Waals surface area contributed by atoms with Crippen LogP contribution in [0.2, 0.25) is 0 Å². The Morgan fingerprint density at radius 2 is 1.80 bits per heavy atom. The molecule has 0 spiro atoms. The third-order valence-electron chi connectivity index (χ3n) is 3.62. The highest BCUT2D eigenvalue weighted by atomic mass is 16.5. The van der Waals surface area contributed by atoms with Crippen molar-refractivity contribution in [1.29, 1.82) is 0 Å². The molecule has 0 bridgehead atoms. The molecule has 3 rings (SSSR count). The molecule has 1 aromatic carbocycles. The maximum atomic E-state index is 12.1. The van der Waals surface area contributed by atoms with Crippen molar-refractivity contribution >= 4 is 17.5 Å². The SMILES string of the molecule is O=C1C=C(Nc2ccc(OCc3ccncc3)cc2)C(=O)N1CCO. The van der Waals surface area contributed by atoms with E-state index in [-0.39, 0.29) is 18.8 Å². The minimum absolute atomic E-state index is 0.0128. The van der Waals surface area contributed by atoms with Gasteiger partial charge >= 0.3 is 0 Å². The largest absolute Gasteiger partial charge is 0.489 e. The van der Waals surface area contributed by atoms with E-state index in [9.17, 15) is 9.59 Å². The number of hydrogen-bond acceptors (Lipinski definition) is 6. The second-order valence-electron chi connectivity index (χ2n) is 5.37. The van der Waals surface area contributed by atoms with Gasteiger partial charge in [-0.15, -0.1) is 0 Å². The Labute approximate surface area is 144 Å². The average molecular weight is 339 g/mol. The number of rotatable bonds is 7. The molecule has 0 saturated carbocycles. The Morgan fingerprint density at radius 1 is 1.08 bits per heavy atom. The Kier molecular flexibility index (Phi) is 5.06. The molecular formula is C18H17N3O4. The van der Waals surface area contributed by atoms with E-state index in [1.165, 1.54) is 6.08 Å². The fourth-order valence-electron chi connectivity index (χ4n) is 2.35. The van der Waals surface area contributed by atoms with Gasteiger partial charge in [-0.25, -0.2) is 0 Å². The van der Waals surface area contributed by atoms with Crippen molar-refractivity contribution in [3.63, 3.8) is 0 Å². The van der Waals surface area contributed by atoms with Gasteiger partial charge in [-0.3, -0.25) is 19.5 Å². The molecule has 7 nitrogen and oxygen atoms in total. The van der Waals surface area contributed by atoms with Gasteiger partial charge < -0.3 is 15.2 Å². The minimum atomic E-state index is -0.447. The third kappa shape index (κ3) is 4.02. The van der Waals surface area contributed by atoms with Gasteiger partial charge in [-0.1, -0.05) is 0 Å². The molecule has 2 aromatic rings. The molecule has 2 amide bonds. The van der Waals surface area contributed by atoms with Crippen LogP contribution in [-0.2, 0) is 16.2 Å². The van der Waals surface area contributed by atoms with Crippen molar-refractivity contribution in [1.82, 2.24) is 9.88 Å². The maximum Gasteiger partial charge on any atom is 0.277 e. The zero-order valence-electron chi connectivity index (χ0n) is 13.4. The monoisotopic (exact) mass is 339 g/mol. The summed E-state index contributed by atoms with van der Waals surface area (Å²) in [5, 5.41) is 11.8. The van der Waals surface area contributed by atoms with Crippen LogP contribution in [0.5, 0.6) is 5.75 Å². The Bertz CT molecular complexity index is 788. The number of benzene rings is 1. The highest BCUT2D eigenvalue weighted by Gasteiger charge is 2.30. The van der Waals surface area contributed by atoms with Gasteiger partial charge in [0.05, 0.1) is 13.2 Å². The van der Waals surface area contributed by atoms with E-state index in [2.05, 4.69) is 10.3 Å². The first kappa shape index (κ1) is 16.7. The number of pyridine rings is 1. The summed E-state index contributed by atoms with van der Waals surface area (Å²) in [6.45, 7) is 0.160. The van der Waals surface area contributed by atoms with E-state index in [0.717, 1.165) is 10.5 Å². The lowest BCUT2D eigenvalue weighted by molar-refractivity contribution is -0.137. The number of amides is 2. The summed E-state index contributed by atoms with van der Waals surface area (Å²) in [5.74, 6) is -0.192. The molecule has 0 radical (unpaired) electrons. The minimum Gasteiger partial charge on any atom is -0.489 e. The lowest BCUT2D eigenvalue weighted by Gasteiger charge is -2.13. The fraction of sp³-hybridized carbons (Fsp3) is 0.167. The number of imide groups is 1. The number of anilines is 1. The lowest BCUT2D eigenvalue weighted by atomic mass is 10.2. The van der Waals surface area contributed by atoms with Crippen LogP contribution in [0.4, 0.5) is 5.69 Å². The van der Waals surface area contributed by atoms with Crippen LogP contribution in [0, 0.1) is 0 Å². The topological polar surface area (TPSA) is 91.8 Å². The molecule has 0 fully saturated rings. The maximum absolute atomic E-state index is 12.1. The summed E-state index contributed by atoms with van der Waals surface area (Å²) in [4.78, 5) is 28.7. The molecule has 2 heterocycles. The van der Waals surface area contributed by atoms with Crippen LogP contribution in [0.3, 0.4) is 0 Å². The molecule has 2 N–H and O–H groups in total. The van der Waals surface area contributed by atoms with E-state index in [0.29, 0.717) is 18.0 Å².